The van der Waals surface area contributed by atoms with Gasteiger partial charge in [0, 0.05) is 23.3 Å². The lowest BCUT2D eigenvalue weighted by atomic mass is 10.2. The van der Waals surface area contributed by atoms with Gasteiger partial charge in [-0.15, -0.1) is 0 Å². The fourth-order valence-corrected chi connectivity index (χ4v) is 2.01. The molecule has 1 aliphatic rings. The molecule has 1 aliphatic heterocycles. The lowest BCUT2D eigenvalue weighted by molar-refractivity contribution is 0.146. The molecule has 72 valence electrons. The summed E-state index contributed by atoms with van der Waals surface area (Å²) >= 11 is 1.30. The van der Waals surface area contributed by atoms with Gasteiger partial charge in [-0.05, 0) is 17.7 Å². The number of fused-ring (bicyclic) bond motifs is 1. The molecule has 2 rings (SSSR count). The monoisotopic (exact) mass is 209 g/mol. The summed E-state index contributed by atoms with van der Waals surface area (Å²) in [6, 6.07) is 1.70. The largest absolute Gasteiger partial charge is 0.512 e. The van der Waals surface area contributed by atoms with E-state index < -0.39 is 6.16 Å². The Morgan fingerprint density at radius 2 is 2.21 bits per heavy atom. The second kappa shape index (κ2) is 3.55. The summed E-state index contributed by atoms with van der Waals surface area (Å²) in [4.78, 5) is 11.3. The summed E-state index contributed by atoms with van der Waals surface area (Å²) in [7, 11) is 0. The quantitative estimate of drug-likeness (QED) is 0.697. The van der Waals surface area contributed by atoms with E-state index in [0.29, 0.717) is 5.06 Å². The first kappa shape index (κ1) is 8.83. The summed E-state index contributed by atoms with van der Waals surface area (Å²) in [5.74, 6) is 0. The van der Waals surface area contributed by atoms with Crippen molar-refractivity contribution < 1.29 is 14.6 Å². The molecule has 0 radical (unpaired) electrons. The van der Waals surface area contributed by atoms with Crippen molar-refractivity contribution >= 4 is 29.6 Å². The van der Waals surface area contributed by atoms with Crippen LogP contribution in [0.15, 0.2) is 18.5 Å². The SMILES string of the molecule is O=C(O)Oc1cc2c(s1)C=CNC=C2. The minimum atomic E-state index is -1.28. The van der Waals surface area contributed by atoms with E-state index >= 15 is 0 Å². The number of thiophene rings is 1. The molecule has 0 saturated heterocycles. The first-order chi connectivity index (χ1) is 6.75. The minimum absolute atomic E-state index is 0.388. The molecule has 1 aromatic heterocycles. The highest BCUT2D eigenvalue weighted by atomic mass is 32.1. The van der Waals surface area contributed by atoms with Gasteiger partial charge in [0.15, 0.2) is 5.06 Å². The number of carbonyl (C=O) groups is 1. The third-order valence-corrected chi connectivity index (χ3v) is 2.64. The Balaban J connectivity index is 2.32. The van der Waals surface area contributed by atoms with Gasteiger partial charge >= 0.3 is 6.16 Å². The molecule has 0 spiro atoms. The van der Waals surface area contributed by atoms with Gasteiger partial charge < -0.3 is 15.2 Å². The second-order valence-corrected chi connectivity index (χ2v) is 3.63. The van der Waals surface area contributed by atoms with E-state index in [-0.39, 0.29) is 0 Å². The number of hydrogen-bond acceptors (Lipinski definition) is 4. The second-order valence-electron chi connectivity index (χ2n) is 2.59. The number of hydrogen-bond donors (Lipinski definition) is 2. The third kappa shape index (κ3) is 1.77. The number of ether oxygens (including phenoxy) is 1. The molecule has 4 nitrogen and oxygen atoms in total. The predicted molar refractivity (Wildman–Crippen MR) is 54.2 cm³/mol. The van der Waals surface area contributed by atoms with Gasteiger partial charge in [-0.3, -0.25) is 0 Å². The Labute approximate surface area is 84.1 Å². The van der Waals surface area contributed by atoms with Crippen LogP contribution in [-0.2, 0) is 0 Å². The molecule has 0 atom stereocenters. The van der Waals surface area contributed by atoms with Crippen LogP contribution in [-0.4, -0.2) is 11.3 Å². The molecule has 5 heteroatoms. The molecular formula is C9H7NO3S. The molecule has 2 N–H and O–H groups in total. The number of rotatable bonds is 1. The van der Waals surface area contributed by atoms with Crippen molar-refractivity contribution in [2.45, 2.75) is 0 Å². The van der Waals surface area contributed by atoms with E-state index in [2.05, 4.69) is 10.1 Å². The summed E-state index contributed by atoms with van der Waals surface area (Å²) in [5.41, 5.74) is 0.951. The Hall–Kier alpha value is -1.75. The van der Waals surface area contributed by atoms with Crippen LogP contribution < -0.4 is 10.1 Å². The molecule has 1 aromatic rings. The molecule has 0 bridgehead atoms. The molecule has 0 unspecified atom stereocenters. The molecule has 0 aliphatic carbocycles. The van der Waals surface area contributed by atoms with E-state index in [1.165, 1.54) is 11.3 Å². The van der Waals surface area contributed by atoms with Crippen molar-refractivity contribution in [1.29, 1.82) is 0 Å². The van der Waals surface area contributed by atoms with Crippen molar-refractivity contribution in [2.24, 2.45) is 0 Å². The van der Waals surface area contributed by atoms with E-state index in [9.17, 15) is 4.79 Å². The fourth-order valence-electron chi connectivity index (χ4n) is 1.11. The average Bonchev–Trinajstić information content (AvgIpc) is 2.34. The fraction of sp³-hybridized carbons (Fsp3) is 0. The lowest BCUT2D eigenvalue weighted by Gasteiger charge is -1.91. The summed E-state index contributed by atoms with van der Waals surface area (Å²) in [6.45, 7) is 0. The summed E-state index contributed by atoms with van der Waals surface area (Å²) in [5, 5.41) is 11.7. The molecule has 0 fully saturated rings. The van der Waals surface area contributed by atoms with Gasteiger partial charge in [0.25, 0.3) is 0 Å². The maximum Gasteiger partial charge on any atom is 0.512 e. The molecular weight excluding hydrogens is 202 g/mol. The maximum atomic E-state index is 10.3. The average molecular weight is 209 g/mol. The Morgan fingerprint density at radius 1 is 1.43 bits per heavy atom. The molecule has 0 saturated carbocycles. The Morgan fingerprint density at radius 3 is 3.00 bits per heavy atom. The standard InChI is InChI=1S/C9H7NO3S/c11-9(12)13-8-5-6-1-3-10-4-2-7(6)14-8/h1-5,10H,(H,11,12). The van der Waals surface area contributed by atoms with Crippen LogP contribution in [0.4, 0.5) is 4.79 Å². The Bertz CT molecular complexity index is 390. The van der Waals surface area contributed by atoms with Crippen molar-refractivity contribution in [3.05, 3.63) is 28.9 Å². The van der Waals surface area contributed by atoms with Crippen LogP contribution in [0.1, 0.15) is 10.4 Å². The zero-order chi connectivity index (χ0) is 9.97. The van der Waals surface area contributed by atoms with Crippen molar-refractivity contribution in [3.8, 4) is 5.06 Å². The zero-order valence-electron chi connectivity index (χ0n) is 7.06. The molecule has 0 amide bonds. The van der Waals surface area contributed by atoms with Crippen molar-refractivity contribution in [2.75, 3.05) is 0 Å². The Kier molecular flexibility index (Phi) is 2.24. The van der Waals surface area contributed by atoms with Crippen LogP contribution in [0.3, 0.4) is 0 Å². The maximum absolute atomic E-state index is 10.3. The van der Waals surface area contributed by atoms with Gasteiger partial charge in [-0.2, -0.15) is 0 Å². The molecule has 2 heterocycles. The van der Waals surface area contributed by atoms with Gasteiger partial charge in [-0.25, -0.2) is 4.79 Å². The minimum Gasteiger partial charge on any atom is -0.449 e. The van der Waals surface area contributed by atoms with Gasteiger partial charge in [-0.1, -0.05) is 11.3 Å². The van der Waals surface area contributed by atoms with Gasteiger partial charge in [0.1, 0.15) is 0 Å². The summed E-state index contributed by atoms with van der Waals surface area (Å²) < 4.78 is 4.55. The first-order valence-corrected chi connectivity index (χ1v) is 4.71. The number of nitrogens with one attached hydrogen (secondary N) is 1. The topological polar surface area (TPSA) is 58.6 Å². The third-order valence-electron chi connectivity index (χ3n) is 1.65. The lowest BCUT2D eigenvalue weighted by Crippen LogP contribution is -2.00. The highest BCUT2D eigenvalue weighted by Gasteiger charge is 2.09. The van der Waals surface area contributed by atoms with E-state index in [1.807, 2.05) is 12.2 Å². The molecule has 0 aromatic carbocycles. The van der Waals surface area contributed by atoms with E-state index in [0.717, 1.165) is 10.4 Å². The van der Waals surface area contributed by atoms with Crippen LogP contribution in [0.25, 0.3) is 12.2 Å². The van der Waals surface area contributed by atoms with Crippen LogP contribution >= 0.6 is 11.3 Å². The summed E-state index contributed by atoms with van der Waals surface area (Å²) in [6.07, 6.45) is 6.01. The highest BCUT2D eigenvalue weighted by Crippen LogP contribution is 2.31. The van der Waals surface area contributed by atoms with Crippen molar-refractivity contribution in [1.82, 2.24) is 5.32 Å². The smallest absolute Gasteiger partial charge is 0.449 e. The van der Waals surface area contributed by atoms with Crippen LogP contribution in [0.5, 0.6) is 5.06 Å². The predicted octanol–water partition coefficient (Wildman–Crippen LogP) is 2.35. The van der Waals surface area contributed by atoms with Crippen LogP contribution in [0.2, 0.25) is 0 Å². The van der Waals surface area contributed by atoms with E-state index in [4.69, 9.17) is 5.11 Å². The van der Waals surface area contributed by atoms with Gasteiger partial charge in [0.2, 0.25) is 0 Å². The number of carboxylic acid groups (broad SMARTS) is 1. The zero-order valence-corrected chi connectivity index (χ0v) is 7.88. The first-order valence-electron chi connectivity index (χ1n) is 3.89. The molecule has 14 heavy (non-hydrogen) atoms. The normalized spacial score (nSPS) is 12.9. The van der Waals surface area contributed by atoms with Crippen molar-refractivity contribution in [3.63, 3.8) is 0 Å². The van der Waals surface area contributed by atoms with Gasteiger partial charge in [0.05, 0.1) is 0 Å². The van der Waals surface area contributed by atoms with E-state index in [1.54, 1.807) is 18.5 Å². The highest BCUT2D eigenvalue weighted by molar-refractivity contribution is 7.15. The van der Waals surface area contributed by atoms with Crippen LogP contribution in [0, 0.1) is 0 Å².